The molecule has 1 aliphatic heterocycles. The third kappa shape index (κ3) is 3.66. The van der Waals surface area contributed by atoms with Crippen molar-refractivity contribution in [1.29, 1.82) is 0 Å². The quantitative estimate of drug-likeness (QED) is 0.838. The van der Waals surface area contributed by atoms with Crippen molar-refractivity contribution < 1.29 is 23.0 Å². The van der Waals surface area contributed by atoms with Crippen LogP contribution in [-0.2, 0) is 9.47 Å². The number of rotatable bonds is 4. The number of esters is 1. The van der Waals surface area contributed by atoms with Crippen molar-refractivity contribution in [2.45, 2.75) is 24.7 Å². The van der Waals surface area contributed by atoms with Crippen molar-refractivity contribution in [1.82, 2.24) is 9.55 Å². The van der Waals surface area contributed by atoms with Gasteiger partial charge in [-0.25, -0.2) is 18.4 Å². The maximum atomic E-state index is 14.2. The van der Waals surface area contributed by atoms with Crippen LogP contribution in [0.15, 0.2) is 52.2 Å². The van der Waals surface area contributed by atoms with E-state index in [1.54, 1.807) is 18.2 Å². The first-order valence-electron chi connectivity index (χ1n) is 7.44. The van der Waals surface area contributed by atoms with Crippen LogP contribution in [0.5, 0.6) is 0 Å². The Morgan fingerprint density at radius 3 is 2.68 bits per heavy atom. The highest BCUT2D eigenvalue weighted by Gasteiger charge is 2.52. The summed E-state index contributed by atoms with van der Waals surface area (Å²) in [6.07, 6.45) is -2.73. The van der Waals surface area contributed by atoms with Gasteiger partial charge < -0.3 is 9.47 Å². The Bertz CT molecular complexity index is 878. The van der Waals surface area contributed by atoms with Gasteiger partial charge in [-0.2, -0.15) is 0 Å². The van der Waals surface area contributed by atoms with Gasteiger partial charge in [0.05, 0.1) is 5.56 Å². The number of benzene rings is 1. The molecule has 1 N–H and O–H groups in total. The van der Waals surface area contributed by atoms with E-state index in [0.717, 1.165) is 12.3 Å². The molecule has 0 aliphatic carbocycles. The summed E-state index contributed by atoms with van der Waals surface area (Å²) in [5.74, 6) is -4.01. The number of aromatic amines is 1. The second-order valence-corrected chi connectivity index (χ2v) is 5.56. The number of alkyl halides is 2. The lowest BCUT2D eigenvalue weighted by molar-refractivity contribution is -0.120. The molecular formula is C16H14F2N2O5. The van der Waals surface area contributed by atoms with Crippen LogP contribution in [0.25, 0.3) is 0 Å². The fourth-order valence-electron chi connectivity index (χ4n) is 2.54. The van der Waals surface area contributed by atoms with Gasteiger partial charge in [0, 0.05) is 18.7 Å². The van der Waals surface area contributed by atoms with Crippen molar-refractivity contribution in [3.8, 4) is 0 Å². The third-order valence-corrected chi connectivity index (χ3v) is 3.70. The maximum absolute atomic E-state index is 14.2. The van der Waals surface area contributed by atoms with E-state index in [-0.39, 0.29) is 6.61 Å². The highest BCUT2D eigenvalue weighted by molar-refractivity contribution is 5.89. The summed E-state index contributed by atoms with van der Waals surface area (Å²) in [5, 5.41) is 0. The molecule has 0 bridgehead atoms. The van der Waals surface area contributed by atoms with Crippen molar-refractivity contribution in [2.24, 2.45) is 0 Å². The van der Waals surface area contributed by atoms with Gasteiger partial charge >= 0.3 is 11.7 Å². The highest BCUT2D eigenvalue weighted by atomic mass is 19.3. The number of carbonyl (C=O) groups is 1. The van der Waals surface area contributed by atoms with Crippen molar-refractivity contribution in [3.63, 3.8) is 0 Å². The molecule has 25 heavy (non-hydrogen) atoms. The second kappa shape index (κ2) is 6.60. The molecule has 9 heteroatoms. The largest absolute Gasteiger partial charge is 0.459 e. The van der Waals surface area contributed by atoms with E-state index in [2.05, 4.69) is 0 Å². The maximum Gasteiger partial charge on any atom is 0.338 e. The van der Waals surface area contributed by atoms with Crippen LogP contribution in [0.4, 0.5) is 8.78 Å². The van der Waals surface area contributed by atoms with E-state index in [0.29, 0.717) is 10.1 Å². The van der Waals surface area contributed by atoms with Crippen molar-refractivity contribution >= 4 is 5.97 Å². The predicted molar refractivity (Wildman–Crippen MR) is 81.5 cm³/mol. The SMILES string of the molecule is O=C(OCC1CC(F)(F)C(n2ccc(=O)[nH]c2=O)O1)c1ccccc1. The molecule has 2 aromatic rings. The zero-order chi connectivity index (χ0) is 18.0. The number of hydrogen-bond acceptors (Lipinski definition) is 5. The summed E-state index contributed by atoms with van der Waals surface area (Å²) in [6.45, 7) is -0.377. The molecule has 0 saturated carbocycles. The van der Waals surface area contributed by atoms with Crippen LogP contribution in [-0.4, -0.2) is 34.2 Å². The van der Waals surface area contributed by atoms with E-state index in [1.807, 2.05) is 4.98 Å². The molecule has 0 spiro atoms. The Labute approximate surface area is 139 Å². The normalized spacial score (nSPS) is 21.8. The van der Waals surface area contributed by atoms with Gasteiger partial charge in [-0.3, -0.25) is 14.3 Å². The average molecular weight is 352 g/mol. The molecule has 7 nitrogen and oxygen atoms in total. The lowest BCUT2D eigenvalue weighted by Crippen LogP contribution is -2.37. The summed E-state index contributed by atoms with van der Waals surface area (Å²) >= 11 is 0. The standard InChI is InChI=1S/C16H14F2N2O5/c17-16(18)8-11(9-24-13(22)10-4-2-1-3-5-10)25-14(16)20-7-6-12(21)19-15(20)23/h1-7,11,14H,8-9H2,(H,19,21,23). The number of carbonyl (C=O) groups excluding carboxylic acids is 1. The minimum Gasteiger partial charge on any atom is -0.459 e. The monoisotopic (exact) mass is 352 g/mol. The number of halogens is 2. The lowest BCUT2D eigenvalue weighted by atomic mass is 10.2. The van der Waals surface area contributed by atoms with Gasteiger partial charge in [-0.15, -0.1) is 0 Å². The number of H-pyrrole nitrogens is 1. The topological polar surface area (TPSA) is 90.4 Å². The van der Waals surface area contributed by atoms with Crippen molar-refractivity contribution in [2.75, 3.05) is 6.61 Å². The Hall–Kier alpha value is -2.81. The van der Waals surface area contributed by atoms with Gasteiger partial charge in [0.1, 0.15) is 12.7 Å². The lowest BCUT2D eigenvalue weighted by Gasteiger charge is -2.19. The van der Waals surface area contributed by atoms with Crippen LogP contribution in [0.1, 0.15) is 23.0 Å². The van der Waals surface area contributed by atoms with Crippen molar-refractivity contribution in [3.05, 3.63) is 69.0 Å². The van der Waals surface area contributed by atoms with Crippen LogP contribution >= 0.6 is 0 Å². The molecule has 2 unspecified atom stereocenters. The van der Waals surface area contributed by atoms with E-state index >= 15 is 0 Å². The minimum absolute atomic E-state index is 0.292. The highest BCUT2D eigenvalue weighted by Crippen LogP contribution is 2.41. The average Bonchev–Trinajstić information content (AvgIpc) is 2.88. The van der Waals surface area contributed by atoms with Crippen LogP contribution in [0.2, 0.25) is 0 Å². The van der Waals surface area contributed by atoms with Gasteiger partial charge in [-0.1, -0.05) is 18.2 Å². The van der Waals surface area contributed by atoms with Gasteiger partial charge in [0.2, 0.25) is 6.23 Å². The zero-order valence-corrected chi connectivity index (χ0v) is 12.9. The van der Waals surface area contributed by atoms with E-state index in [4.69, 9.17) is 9.47 Å². The summed E-state index contributed by atoms with van der Waals surface area (Å²) in [6, 6.07) is 9.04. The molecule has 1 aliphatic rings. The van der Waals surface area contributed by atoms with Gasteiger partial charge in [-0.05, 0) is 12.1 Å². The molecule has 1 fully saturated rings. The Morgan fingerprint density at radius 2 is 2.00 bits per heavy atom. The van der Waals surface area contributed by atoms with Crippen LogP contribution in [0, 0.1) is 0 Å². The number of nitrogens with zero attached hydrogens (tertiary/aromatic N) is 1. The molecule has 1 saturated heterocycles. The Morgan fingerprint density at radius 1 is 1.28 bits per heavy atom. The van der Waals surface area contributed by atoms with E-state index in [1.165, 1.54) is 12.1 Å². The molecule has 3 rings (SSSR count). The molecule has 2 atom stereocenters. The second-order valence-electron chi connectivity index (χ2n) is 5.56. The van der Waals surface area contributed by atoms with E-state index in [9.17, 15) is 23.2 Å². The van der Waals surface area contributed by atoms with Gasteiger partial charge in [0.25, 0.3) is 11.5 Å². The number of hydrogen-bond donors (Lipinski definition) is 1. The Kier molecular flexibility index (Phi) is 4.49. The number of nitrogens with one attached hydrogen (secondary N) is 1. The summed E-state index contributed by atoms with van der Waals surface area (Å²) < 4.78 is 39.1. The fraction of sp³-hybridized carbons (Fsp3) is 0.312. The first kappa shape index (κ1) is 17.0. The molecule has 1 aromatic carbocycles. The number of aromatic nitrogens is 2. The summed E-state index contributed by atoms with van der Waals surface area (Å²) in [4.78, 5) is 36.5. The number of ether oxygens (including phenoxy) is 2. The molecule has 0 radical (unpaired) electrons. The smallest absolute Gasteiger partial charge is 0.338 e. The molecule has 1 aromatic heterocycles. The Balaban J connectivity index is 1.69. The van der Waals surface area contributed by atoms with Crippen LogP contribution in [0.3, 0.4) is 0 Å². The van der Waals surface area contributed by atoms with Crippen LogP contribution < -0.4 is 11.2 Å². The first-order valence-corrected chi connectivity index (χ1v) is 7.44. The van der Waals surface area contributed by atoms with E-state index < -0.39 is 41.9 Å². The summed E-state index contributed by atoms with van der Waals surface area (Å²) in [5.41, 5.74) is -1.41. The van der Waals surface area contributed by atoms with Gasteiger partial charge in [0.15, 0.2) is 0 Å². The molecule has 0 amide bonds. The fourth-order valence-corrected chi connectivity index (χ4v) is 2.54. The minimum atomic E-state index is -3.36. The third-order valence-electron chi connectivity index (χ3n) is 3.70. The predicted octanol–water partition coefficient (Wildman–Crippen LogP) is 1.32. The molecular weight excluding hydrogens is 338 g/mol. The zero-order valence-electron chi connectivity index (χ0n) is 12.9. The molecule has 2 heterocycles. The summed E-state index contributed by atoms with van der Waals surface area (Å²) in [7, 11) is 0. The molecule has 132 valence electrons. The first-order chi connectivity index (χ1) is 11.9.